The van der Waals surface area contributed by atoms with Gasteiger partial charge in [0.25, 0.3) is 0 Å². The fourth-order valence-corrected chi connectivity index (χ4v) is 5.53. The summed E-state index contributed by atoms with van der Waals surface area (Å²) in [6.45, 7) is 0. The van der Waals surface area contributed by atoms with E-state index in [2.05, 4.69) is 18.2 Å². The Bertz CT molecular complexity index is 1090. The summed E-state index contributed by atoms with van der Waals surface area (Å²) in [6.07, 6.45) is 2.17. The standard InChI is InChI=1S/C26H24O4S/c1-29-20-11-8-18(9-12-20)22-14-19-10-13-21(30-2)15-24(19)31-26(22)23(16-25(27)28)17-6-4-3-5-7-17/h3-13,15-16,22,26H,14H2,1-2H3,(H,27,28). The molecule has 0 bridgehead atoms. The van der Waals surface area contributed by atoms with Crippen molar-refractivity contribution < 1.29 is 19.4 Å². The number of carboxylic acids is 1. The van der Waals surface area contributed by atoms with E-state index in [-0.39, 0.29) is 11.2 Å². The highest BCUT2D eigenvalue weighted by molar-refractivity contribution is 8.00. The molecule has 31 heavy (non-hydrogen) atoms. The van der Waals surface area contributed by atoms with E-state index in [4.69, 9.17) is 9.47 Å². The molecule has 4 rings (SSSR count). The van der Waals surface area contributed by atoms with Crippen LogP contribution in [0.5, 0.6) is 11.5 Å². The fourth-order valence-electron chi connectivity index (χ4n) is 4.02. The number of fused-ring (bicyclic) bond motifs is 1. The Morgan fingerprint density at radius 3 is 2.29 bits per heavy atom. The van der Waals surface area contributed by atoms with Gasteiger partial charge in [-0.2, -0.15) is 0 Å². The highest BCUT2D eigenvalue weighted by Gasteiger charge is 2.34. The third-order valence-corrected chi connectivity index (χ3v) is 7.04. The van der Waals surface area contributed by atoms with Crippen LogP contribution in [-0.2, 0) is 11.2 Å². The zero-order valence-corrected chi connectivity index (χ0v) is 18.3. The molecular weight excluding hydrogens is 408 g/mol. The van der Waals surface area contributed by atoms with Crippen molar-refractivity contribution in [2.24, 2.45) is 0 Å². The van der Waals surface area contributed by atoms with Gasteiger partial charge in [-0.15, -0.1) is 11.8 Å². The number of hydrogen-bond acceptors (Lipinski definition) is 4. The summed E-state index contributed by atoms with van der Waals surface area (Å²) in [6, 6.07) is 24.0. The van der Waals surface area contributed by atoms with E-state index < -0.39 is 5.97 Å². The number of rotatable bonds is 6. The molecule has 5 heteroatoms. The van der Waals surface area contributed by atoms with Gasteiger partial charge < -0.3 is 14.6 Å². The van der Waals surface area contributed by atoms with E-state index in [1.165, 1.54) is 11.6 Å². The molecule has 2 atom stereocenters. The number of benzene rings is 3. The zero-order chi connectivity index (χ0) is 21.8. The molecule has 1 aliphatic rings. The second-order valence-electron chi connectivity index (χ2n) is 7.40. The molecule has 0 aromatic heterocycles. The van der Waals surface area contributed by atoms with Gasteiger partial charge in [0.2, 0.25) is 0 Å². The minimum Gasteiger partial charge on any atom is -0.497 e. The molecule has 0 saturated carbocycles. The van der Waals surface area contributed by atoms with E-state index in [0.717, 1.165) is 39.5 Å². The maximum Gasteiger partial charge on any atom is 0.328 e. The average Bonchev–Trinajstić information content (AvgIpc) is 2.82. The third kappa shape index (κ3) is 4.62. The van der Waals surface area contributed by atoms with Crippen molar-refractivity contribution in [2.45, 2.75) is 22.5 Å². The summed E-state index contributed by atoms with van der Waals surface area (Å²) in [4.78, 5) is 12.9. The first-order valence-corrected chi connectivity index (χ1v) is 10.9. The second-order valence-corrected chi connectivity index (χ2v) is 8.58. The van der Waals surface area contributed by atoms with Crippen molar-refractivity contribution >= 4 is 23.3 Å². The first-order valence-electron chi connectivity index (χ1n) is 10.1. The van der Waals surface area contributed by atoms with E-state index >= 15 is 0 Å². The molecule has 0 fully saturated rings. The van der Waals surface area contributed by atoms with Gasteiger partial charge in [-0.3, -0.25) is 0 Å². The molecule has 4 nitrogen and oxygen atoms in total. The van der Waals surface area contributed by atoms with E-state index in [9.17, 15) is 9.90 Å². The monoisotopic (exact) mass is 432 g/mol. The Hall–Kier alpha value is -3.18. The molecule has 158 valence electrons. The number of methoxy groups -OCH3 is 2. The summed E-state index contributed by atoms with van der Waals surface area (Å²) >= 11 is 1.70. The first kappa shape index (κ1) is 21.1. The molecule has 2 unspecified atom stereocenters. The van der Waals surface area contributed by atoms with Crippen LogP contribution in [0.4, 0.5) is 0 Å². The molecule has 1 aliphatic heterocycles. The smallest absolute Gasteiger partial charge is 0.328 e. The van der Waals surface area contributed by atoms with Crippen LogP contribution in [-0.4, -0.2) is 30.5 Å². The van der Waals surface area contributed by atoms with Crippen LogP contribution in [0.3, 0.4) is 0 Å². The minimum absolute atomic E-state index is 0.0634. The fraction of sp³-hybridized carbons (Fsp3) is 0.192. The van der Waals surface area contributed by atoms with Crippen molar-refractivity contribution in [1.82, 2.24) is 0 Å². The van der Waals surface area contributed by atoms with E-state index in [1.54, 1.807) is 26.0 Å². The quantitative estimate of drug-likeness (QED) is 0.509. The Kier molecular flexibility index (Phi) is 6.33. The van der Waals surface area contributed by atoms with Crippen molar-refractivity contribution in [3.63, 3.8) is 0 Å². The van der Waals surface area contributed by atoms with Crippen molar-refractivity contribution in [3.05, 3.63) is 95.6 Å². The first-order chi connectivity index (χ1) is 15.1. The predicted molar refractivity (Wildman–Crippen MR) is 124 cm³/mol. The molecule has 3 aromatic carbocycles. The SMILES string of the molecule is COc1ccc(C2Cc3ccc(OC)cc3SC2C(=CC(=O)O)c2ccccc2)cc1. The largest absolute Gasteiger partial charge is 0.497 e. The van der Waals surface area contributed by atoms with Crippen LogP contribution < -0.4 is 9.47 Å². The molecule has 0 radical (unpaired) electrons. The topological polar surface area (TPSA) is 55.8 Å². The van der Waals surface area contributed by atoms with Crippen molar-refractivity contribution in [3.8, 4) is 11.5 Å². The minimum atomic E-state index is -0.940. The lowest BCUT2D eigenvalue weighted by atomic mass is 9.83. The molecule has 0 amide bonds. The van der Waals surface area contributed by atoms with Gasteiger partial charge in [-0.05, 0) is 52.9 Å². The zero-order valence-electron chi connectivity index (χ0n) is 17.4. The van der Waals surface area contributed by atoms with Gasteiger partial charge in [-0.1, -0.05) is 48.5 Å². The lowest BCUT2D eigenvalue weighted by Crippen LogP contribution is -2.24. The van der Waals surface area contributed by atoms with Gasteiger partial charge in [0, 0.05) is 22.1 Å². The molecular formula is C26H24O4S. The van der Waals surface area contributed by atoms with Gasteiger partial charge >= 0.3 is 5.97 Å². The van der Waals surface area contributed by atoms with Gasteiger partial charge in [-0.25, -0.2) is 4.79 Å². The lowest BCUT2D eigenvalue weighted by Gasteiger charge is -2.35. The summed E-state index contributed by atoms with van der Waals surface area (Å²) in [5.74, 6) is 0.779. The third-order valence-electron chi connectivity index (χ3n) is 5.57. The summed E-state index contributed by atoms with van der Waals surface area (Å²) in [7, 11) is 3.31. The van der Waals surface area contributed by atoms with E-state index in [0.29, 0.717) is 0 Å². The number of ether oxygens (including phenoxy) is 2. The maximum absolute atomic E-state index is 11.8. The average molecular weight is 433 g/mol. The number of aliphatic carboxylic acids is 1. The summed E-state index contributed by atoms with van der Waals surface area (Å²) in [5.41, 5.74) is 4.14. The van der Waals surface area contributed by atoms with E-state index in [1.807, 2.05) is 54.6 Å². The summed E-state index contributed by atoms with van der Waals surface area (Å²) < 4.78 is 10.8. The van der Waals surface area contributed by atoms with Gasteiger partial charge in [0.05, 0.1) is 14.2 Å². The van der Waals surface area contributed by atoms with Crippen LogP contribution in [0.2, 0.25) is 0 Å². The van der Waals surface area contributed by atoms with Crippen molar-refractivity contribution in [1.29, 1.82) is 0 Å². The molecule has 0 saturated heterocycles. The number of thioether (sulfide) groups is 1. The molecule has 0 spiro atoms. The summed E-state index contributed by atoms with van der Waals surface area (Å²) in [5, 5.41) is 9.59. The highest BCUT2D eigenvalue weighted by atomic mass is 32.2. The molecule has 1 heterocycles. The van der Waals surface area contributed by atoms with Crippen LogP contribution in [0.25, 0.3) is 5.57 Å². The van der Waals surface area contributed by atoms with Gasteiger partial charge in [0.15, 0.2) is 0 Å². The predicted octanol–water partition coefficient (Wildman–Crippen LogP) is 5.67. The highest BCUT2D eigenvalue weighted by Crippen LogP contribution is 2.49. The van der Waals surface area contributed by atoms with Crippen molar-refractivity contribution in [2.75, 3.05) is 14.2 Å². The molecule has 0 aliphatic carbocycles. The van der Waals surface area contributed by atoms with Gasteiger partial charge in [0.1, 0.15) is 11.5 Å². The lowest BCUT2D eigenvalue weighted by molar-refractivity contribution is -0.131. The van der Waals surface area contributed by atoms with Crippen LogP contribution in [0, 0.1) is 0 Å². The normalized spacial score (nSPS) is 18.2. The Morgan fingerprint density at radius 2 is 1.65 bits per heavy atom. The Balaban J connectivity index is 1.83. The second kappa shape index (κ2) is 9.31. The van der Waals surface area contributed by atoms with Crippen LogP contribution >= 0.6 is 11.8 Å². The number of carboxylic acid groups (broad SMARTS) is 1. The molecule has 3 aromatic rings. The van der Waals surface area contributed by atoms with Crippen LogP contribution in [0.15, 0.2) is 83.8 Å². The van der Waals surface area contributed by atoms with Crippen LogP contribution in [0.1, 0.15) is 22.6 Å². The number of hydrogen-bond donors (Lipinski definition) is 1. The Labute approximate surface area is 186 Å². The number of carbonyl (C=O) groups is 1. The molecule has 1 N–H and O–H groups in total. The maximum atomic E-state index is 11.8. The Morgan fingerprint density at radius 1 is 0.968 bits per heavy atom.